The fourth-order valence-corrected chi connectivity index (χ4v) is 4.70. The normalized spacial score (nSPS) is 16.2. The van der Waals surface area contributed by atoms with E-state index in [1.54, 1.807) is 0 Å². The monoisotopic (exact) mass is 580 g/mol. The van der Waals surface area contributed by atoms with E-state index in [-0.39, 0.29) is 28.9 Å². The maximum absolute atomic E-state index is 12.5. The van der Waals surface area contributed by atoms with E-state index < -0.39 is 6.36 Å². The molecule has 3 N–H and O–H groups in total. The van der Waals surface area contributed by atoms with Gasteiger partial charge < -0.3 is 15.4 Å². The average Bonchev–Trinajstić information content (AvgIpc) is 3.49. The predicted molar refractivity (Wildman–Crippen MR) is 153 cm³/mol. The molecule has 2 unspecified atom stereocenters. The number of halogens is 3. The first-order valence-corrected chi connectivity index (χ1v) is 13.3. The average molecular weight is 581 g/mol. The molecule has 0 saturated heterocycles. The van der Waals surface area contributed by atoms with E-state index in [9.17, 15) is 18.0 Å². The molecule has 8 nitrogen and oxygen atoms in total. The number of urea groups is 1. The number of ether oxygens (including phenoxy) is 1. The van der Waals surface area contributed by atoms with Crippen LogP contribution in [0.2, 0.25) is 0 Å². The van der Waals surface area contributed by atoms with Crippen molar-refractivity contribution >= 4 is 29.0 Å². The van der Waals surface area contributed by atoms with Crippen LogP contribution >= 0.6 is 12.2 Å². The highest BCUT2D eigenvalue weighted by Gasteiger charge is 2.39. The van der Waals surface area contributed by atoms with Crippen molar-refractivity contribution in [2.45, 2.75) is 44.5 Å². The minimum absolute atomic E-state index is 0.00627. The highest BCUT2D eigenvalue weighted by molar-refractivity contribution is 7.80. The summed E-state index contributed by atoms with van der Waals surface area (Å²) in [5, 5.41) is 13.4. The first-order chi connectivity index (χ1) is 19.6. The Morgan fingerprint density at radius 3 is 2.44 bits per heavy atom. The van der Waals surface area contributed by atoms with Gasteiger partial charge >= 0.3 is 12.4 Å². The number of amides is 2. The maximum Gasteiger partial charge on any atom is 0.573 e. The molecule has 4 aromatic rings. The summed E-state index contributed by atoms with van der Waals surface area (Å²) in [6, 6.07) is 20.6. The summed E-state index contributed by atoms with van der Waals surface area (Å²) in [6.07, 6.45) is -2.45. The molecule has 0 bridgehead atoms. The number of para-hydroxylation sites is 1. The van der Waals surface area contributed by atoms with E-state index in [1.807, 2.05) is 48.5 Å². The van der Waals surface area contributed by atoms with Crippen LogP contribution in [0.25, 0.3) is 17.1 Å². The number of carbonyl (C=O) groups excluding carboxylic acids is 1. The number of aromatic nitrogens is 3. The smallest absolute Gasteiger partial charge is 0.406 e. The summed E-state index contributed by atoms with van der Waals surface area (Å²) < 4.78 is 42.5. The third-order valence-corrected chi connectivity index (χ3v) is 6.79. The van der Waals surface area contributed by atoms with Crippen LogP contribution in [0.1, 0.15) is 43.2 Å². The van der Waals surface area contributed by atoms with Crippen LogP contribution in [0.15, 0.2) is 79.1 Å². The van der Waals surface area contributed by atoms with Gasteiger partial charge in [0.05, 0.1) is 5.69 Å². The van der Waals surface area contributed by atoms with Crippen molar-refractivity contribution in [3.05, 3.63) is 90.3 Å². The van der Waals surface area contributed by atoms with Crippen LogP contribution in [0.5, 0.6) is 5.75 Å². The van der Waals surface area contributed by atoms with Gasteiger partial charge in [0.2, 0.25) is 0 Å². The van der Waals surface area contributed by atoms with Gasteiger partial charge in [0.25, 0.3) is 0 Å². The lowest BCUT2D eigenvalue weighted by molar-refractivity contribution is -0.274. The zero-order valence-electron chi connectivity index (χ0n) is 22.1. The van der Waals surface area contributed by atoms with Crippen molar-refractivity contribution in [3.8, 4) is 22.8 Å². The Labute approximate surface area is 239 Å². The van der Waals surface area contributed by atoms with Crippen LogP contribution in [-0.4, -0.2) is 38.3 Å². The molecule has 1 aromatic heterocycles. The van der Waals surface area contributed by atoms with E-state index in [0.717, 1.165) is 28.8 Å². The van der Waals surface area contributed by atoms with Crippen molar-refractivity contribution in [1.82, 2.24) is 25.4 Å². The van der Waals surface area contributed by atoms with Crippen LogP contribution in [-0.2, 0) is 0 Å². The molecule has 0 radical (unpaired) electrons. The number of anilines is 1. The molecular weight excluding hydrogens is 553 g/mol. The topological polar surface area (TPSA) is 93.1 Å². The zero-order chi connectivity index (χ0) is 29.1. The molecule has 1 heterocycles. The first kappa shape index (κ1) is 28.1. The molecule has 3 aromatic carbocycles. The number of carbonyl (C=O) groups is 1. The number of rotatable bonds is 7. The molecule has 1 fully saturated rings. The Morgan fingerprint density at radius 2 is 1.76 bits per heavy atom. The second-order valence-electron chi connectivity index (χ2n) is 9.92. The van der Waals surface area contributed by atoms with Gasteiger partial charge in [-0.25, -0.2) is 14.5 Å². The molecule has 1 saturated carbocycles. The zero-order valence-corrected chi connectivity index (χ0v) is 23.0. The Kier molecular flexibility index (Phi) is 7.93. The molecule has 212 valence electrons. The van der Waals surface area contributed by atoms with E-state index in [4.69, 9.17) is 12.2 Å². The van der Waals surface area contributed by atoms with Crippen molar-refractivity contribution in [3.63, 3.8) is 0 Å². The van der Waals surface area contributed by atoms with E-state index >= 15 is 0 Å². The quantitative estimate of drug-likeness (QED) is 0.216. The molecule has 0 aliphatic heterocycles. The minimum Gasteiger partial charge on any atom is -0.406 e. The van der Waals surface area contributed by atoms with Gasteiger partial charge in [-0.2, -0.15) is 0 Å². The number of thiocarbonyl (C=S) groups is 1. The van der Waals surface area contributed by atoms with Crippen LogP contribution in [0.3, 0.4) is 0 Å². The van der Waals surface area contributed by atoms with Crippen molar-refractivity contribution in [2.75, 3.05) is 5.32 Å². The lowest BCUT2D eigenvalue weighted by Gasteiger charge is -2.15. The van der Waals surface area contributed by atoms with E-state index in [0.29, 0.717) is 17.4 Å². The first-order valence-electron chi connectivity index (χ1n) is 12.9. The number of alkyl halides is 3. The summed E-state index contributed by atoms with van der Waals surface area (Å²) in [5.41, 5.74) is 4.37. The Hall–Kier alpha value is -4.45. The maximum atomic E-state index is 12.5. The fraction of sp³-hybridized carbons (Fsp3) is 0.241. The van der Waals surface area contributed by atoms with Crippen molar-refractivity contribution in [2.24, 2.45) is 0 Å². The molecule has 12 heteroatoms. The van der Waals surface area contributed by atoms with Gasteiger partial charge in [0.15, 0.2) is 10.9 Å². The Morgan fingerprint density at radius 1 is 1.05 bits per heavy atom. The third-order valence-electron chi connectivity index (χ3n) is 6.59. The molecule has 1 aliphatic rings. The largest absolute Gasteiger partial charge is 0.573 e. The summed E-state index contributed by atoms with van der Waals surface area (Å²) in [4.78, 5) is 16.8. The summed E-state index contributed by atoms with van der Waals surface area (Å²) in [6.45, 7) is 4.19. The minimum atomic E-state index is -4.75. The molecule has 1 aliphatic carbocycles. The number of benzene rings is 3. The van der Waals surface area contributed by atoms with Gasteiger partial charge in [-0.3, -0.25) is 5.32 Å². The summed E-state index contributed by atoms with van der Waals surface area (Å²) >= 11 is 5.33. The van der Waals surface area contributed by atoms with Crippen molar-refractivity contribution in [1.29, 1.82) is 0 Å². The number of nitrogens with one attached hydrogen (secondary N) is 3. The van der Waals surface area contributed by atoms with Gasteiger partial charge in [-0.15, -0.1) is 18.3 Å². The van der Waals surface area contributed by atoms with Crippen LogP contribution < -0.4 is 20.7 Å². The van der Waals surface area contributed by atoms with Crippen LogP contribution in [0.4, 0.5) is 23.7 Å². The Balaban J connectivity index is 1.13. The van der Waals surface area contributed by atoms with E-state index in [1.165, 1.54) is 35.3 Å². The molecule has 2 atom stereocenters. The molecule has 5 rings (SSSR count). The lowest BCUT2D eigenvalue weighted by atomic mass is 10.0. The molecular formula is C29H27F3N6O2S. The molecule has 0 spiro atoms. The molecule has 41 heavy (non-hydrogen) atoms. The number of nitrogens with zero attached hydrogens (tertiary/aromatic N) is 3. The predicted octanol–water partition coefficient (Wildman–Crippen LogP) is 6.51. The second kappa shape index (κ2) is 11.6. The number of hydrogen-bond acceptors (Lipinski definition) is 5. The van der Waals surface area contributed by atoms with Crippen LogP contribution in [0, 0.1) is 0 Å². The summed E-state index contributed by atoms with van der Waals surface area (Å²) in [5.74, 6) is 0.648. The van der Waals surface area contributed by atoms with Gasteiger partial charge in [0.1, 0.15) is 12.1 Å². The van der Waals surface area contributed by atoms with Gasteiger partial charge in [-0.1, -0.05) is 56.3 Å². The highest BCUT2D eigenvalue weighted by Crippen LogP contribution is 2.41. The highest BCUT2D eigenvalue weighted by atomic mass is 32.1. The van der Waals surface area contributed by atoms with E-state index in [2.05, 4.69) is 44.6 Å². The van der Waals surface area contributed by atoms with Crippen molar-refractivity contribution < 1.29 is 22.7 Å². The molecule has 2 amide bonds. The van der Waals surface area contributed by atoms with Gasteiger partial charge in [-0.05, 0) is 66.0 Å². The fourth-order valence-electron chi connectivity index (χ4n) is 4.50. The second-order valence-corrected chi connectivity index (χ2v) is 10.3. The summed E-state index contributed by atoms with van der Waals surface area (Å²) in [7, 11) is 0. The lowest BCUT2D eigenvalue weighted by Crippen LogP contribution is -2.42. The Bertz CT molecular complexity index is 1540. The van der Waals surface area contributed by atoms with Gasteiger partial charge in [0, 0.05) is 23.2 Å². The number of hydrogen-bond donors (Lipinski definition) is 3. The SMILES string of the molecule is CC(C)c1ccccc1NC(=S)NC(=O)NC1CC1c1ccc(-c2ncn(-c3ccc(OC(F)(F)F)cc3)n2)cc1. The third kappa shape index (κ3) is 7.20. The standard InChI is InChI=1S/C29H27F3N6O2S/c1-17(2)22-5-3-4-6-24(22)35-28(41)36-27(39)34-25-15-23(25)18-7-9-19(10-8-18)26-33-16-38(37-26)20-11-13-21(14-12-20)40-29(30,31)32/h3-14,16-17,23,25H,15H2,1-2H3,(H3,34,35,36,39,41).